The summed E-state index contributed by atoms with van der Waals surface area (Å²) in [6.07, 6.45) is 1.64. The average molecular weight is 297 g/mol. The van der Waals surface area contributed by atoms with Gasteiger partial charge in [0.1, 0.15) is 0 Å². The topological polar surface area (TPSA) is 74.7 Å². The Hall–Kier alpha value is -1.40. The van der Waals surface area contributed by atoms with E-state index in [1.165, 1.54) is 22.5 Å². The Morgan fingerprint density at radius 3 is 2.60 bits per heavy atom. The first-order valence-electron chi connectivity index (χ1n) is 6.70. The molecule has 1 saturated heterocycles. The summed E-state index contributed by atoms with van der Waals surface area (Å²) in [5.74, 6) is -1.01. The second kappa shape index (κ2) is 5.54. The third-order valence-corrected chi connectivity index (χ3v) is 5.70. The van der Waals surface area contributed by atoms with E-state index in [-0.39, 0.29) is 22.4 Å². The Kier molecular flexibility index (Phi) is 4.15. The fourth-order valence-electron chi connectivity index (χ4n) is 2.72. The van der Waals surface area contributed by atoms with E-state index >= 15 is 0 Å². The number of sulfonamides is 1. The first-order valence-corrected chi connectivity index (χ1v) is 8.14. The predicted molar refractivity (Wildman–Crippen MR) is 75.2 cm³/mol. The van der Waals surface area contributed by atoms with Crippen molar-refractivity contribution in [2.45, 2.75) is 37.6 Å². The van der Waals surface area contributed by atoms with Crippen LogP contribution >= 0.6 is 0 Å². The second-order valence-corrected chi connectivity index (χ2v) is 7.23. The molecule has 0 radical (unpaired) electrons. The van der Waals surface area contributed by atoms with E-state index in [1.807, 2.05) is 13.8 Å². The highest BCUT2D eigenvalue weighted by molar-refractivity contribution is 7.89. The lowest BCUT2D eigenvalue weighted by Gasteiger charge is -2.27. The van der Waals surface area contributed by atoms with Gasteiger partial charge in [-0.05, 0) is 30.9 Å². The summed E-state index contributed by atoms with van der Waals surface area (Å²) in [6.45, 7) is 4.43. The number of nitrogens with zero attached hydrogens (tertiary/aromatic N) is 1. The van der Waals surface area contributed by atoms with E-state index in [9.17, 15) is 13.2 Å². The summed E-state index contributed by atoms with van der Waals surface area (Å²) < 4.78 is 26.9. The zero-order valence-electron chi connectivity index (χ0n) is 11.6. The van der Waals surface area contributed by atoms with Crippen LogP contribution in [0.2, 0.25) is 0 Å². The molecule has 1 atom stereocenters. The Morgan fingerprint density at radius 2 is 2.00 bits per heavy atom. The van der Waals surface area contributed by atoms with Crippen LogP contribution in [0.4, 0.5) is 0 Å². The van der Waals surface area contributed by atoms with Crippen LogP contribution in [0, 0.1) is 5.92 Å². The van der Waals surface area contributed by atoms with Crippen molar-refractivity contribution in [3.8, 4) is 0 Å². The molecule has 0 saturated carbocycles. The molecule has 2 rings (SSSR count). The predicted octanol–water partition coefficient (Wildman–Crippen LogP) is 2.19. The Balaban J connectivity index is 2.48. The molecule has 6 heteroatoms. The van der Waals surface area contributed by atoms with Gasteiger partial charge in [0.15, 0.2) is 0 Å². The van der Waals surface area contributed by atoms with Crippen molar-refractivity contribution in [3.63, 3.8) is 0 Å². The molecular weight excluding hydrogens is 278 g/mol. The maximum Gasteiger partial charge on any atom is 0.337 e. The Labute approximate surface area is 119 Å². The molecule has 1 aliphatic heterocycles. The van der Waals surface area contributed by atoms with Gasteiger partial charge in [-0.15, -0.1) is 0 Å². The van der Waals surface area contributed by atoms with Gasteiger partial charge in [0.25, 0.3) is 0 Å². The first kappa shape index (κ1) is 15.0. The van der Waals surface area contributed by atoms with Crippen molar-refractivity contribution >= 4 is 16.0 Å². The molecule has 1 aliphatic rings. The Bertz CT molecular complexity index is 609. The highest BCUT2D eigenvalue weighted by Crippen LogP contribution is 2.31. The van der Waals surface area contributed by atoms with Crippen molar-refractivity contribution in [3.05, 3.63) is 29.8 Å². The fraction of sp³-hybridized carbons (Fsp3) is 0.500. The molecule has 5 nitrogen and oxygen atoms in total. The van der Waals surface area contributed by atoms with Gasteiger partial charge < -0.3 is 5.11 Å². The summed E-state index contributed by atoms with van der Waals surface area (Å²) in [4.78, 5) is 11.1. The number of aromatic carboxylic acids is 1. The molecule has 20 heavy (non-hydrogen) atoms. The molecule has 0 aliphatic carbocycles. The van der Waals surface area contributed by atoms with E-state index in [1.54, 1.807) is 6.07 Å². The molecule has 1 N–H and O–H groups in total. The monoisotopic (exact) mass is 297 g/mol. The SMILES string of the molecule is CC(C)C1CCCN1S(=O)(=O)c1ccccc1C(=O)O. The minimum absolute atomic E-state index is 0.0538. The number of rotatable bonds is 4. The van der Waals surface area contributed by atoms with Gasteiger partial charge in [-0.3, -0.25) is 0 Å². The van der Waals surface area contributed by atoms with Gasteiger partial charge in [-0.25, -0.2) is 13.2 Å². The molecule has 1 aromatic rings. The lowest BCUT2D eigenvalue weighted by Crippen LogP contribution is -2.39. The number of benzene rings is 1. The van der Waals surface area contributed by atoms with Crippen molar-refractivity contribution in [2.24, 2.45) is 5.92 Å². The van der Waals surface area contributed by atoms with Gasteiger partial charge in [0, 0.05) is 12.6 Å². The van der Waals surface area contributed by atoms with Crippen LogP contribution < -0.4 is 0 Å². The van der Waals surface area contributed by atoms with Gasteiger partial charge in [0.2, 0.25) is 10.0 Å². The number of carboxylic acids is 1. The van der Waals surface area contributed by atoms with Crippen molar-refractivity contribution < 1.29 is 18.3 Å². The van der Waals surface area contributed by atoms with E-state index in [4.69, 9.17) is 5.11 Å². The maximum atomic E-state index is 12.7. The highest BCUT2D eigenvalue weighted by Gasteiger charge is 2.38. The largest absolute Gasteiger partial charge is 0.478 e. The normalized spacial score (nSPS) is 20.4. The summed E-state index contributed by atoms with van der Waals surface area (Å²) in [6, 6.07) is 5.73. The fourth-order valence-corrected chi connectivity index (χ4v) is 4.74. The molecule has 0 bridgehead atoms. The van der Waals surface area contributed by atoms with Crippen molar-refractivity contribution in [2.75, 3.05) is 6.54 Å². The van der Waals surface area contributed by atoms with E-state index in [0.717, 1.165) is 12.8 Å². The number of hydrogen-bond donors (Lipinski definition) is 1. The third kappa shape index (κ3) is 2.58. The summed E-state index contributed by atoms with van der Waals surface area (Å²) >= 11 is 0. The van der Waals surface area contributed by atoms with Crippen LogP contribution in [0.1, 0.15) is 37.0 Å². The molecule has 1 unspecified atom stereocenters. The van der Waals surface area contributed by atoms with Gasteiger partial charge in [-0.2, -0.15) is 4.31 Å². The number of carboxylic acid groups (broad SMARTS) is 1. The van der Waals surface area contributed by atoms with E-state index in [2.05, 4.69) is 0 Å². The number of hydrogen-bond acceptors (Lipinski definition) is 3. The summed E-state index contributed by atoms with van der Waals surface area (Å²) in [5, 5.41) is 9.16. The van der Waals surface area contributed by atoms with Crippen LogP contribution in [0.25, 0.3) is 0 Å². The van der Waals surface area contributed by atoms with Crippen LogP contribution in [-0.2, 0) is 10.0 Å². The van der Waals surface area contributed by atoms with Crippen LogP contribution in [-0.4, -0.2) is 36.4 Å². The highest BCUT2D eigenvalue weighted by atomic mass is 32.2. The quantitative estimate of drug-likeness (QED) is 0.924. The molecule has 0 spiro atoms. The van der Waals surface area contributed by atoms with Gasteiger partial charge in [-0.1, -0.05) is 26.0 Å². The average Bonchev–Trinajstić information content (AvgIpc) is 2.88. The molecule has 1 aromatic carbocycles. The van der Waals surface area contributed by atoms with Gasteiger partial charge >= 0.3 is 5.97 Å². The molecule has 0 aromatic heterocycles. The first-order chi connectivity index (χ1) is 9.35. The smallest absolute Gasteiger partial charge is 0.337 e. The van der Waals surface area contributed by atoms with Crippen LogP contribution in [0.5, 0.6) is 0 Å². The zero-order valence-corrected chi connectivity index (χ0v) is 12.4. The molecule has 1 fully saturated rings. The summed E-state index contributed by atoms with van der Waals surface area (Å²) in [7, 11) is -3.76. The molecule has 110 valence electrons. The maximum absolute atomic E-state index is 12.7. The van der Waals surface area contributed by atoms with Crippen molar-refractivity contribution in [1.82, 2.24) is 4.31 Å². The van der Waals surface area contributed by atoms with E-state index < -0.39 is 16.0 Å². The molecule has 0 amide bonds. The lowest BCUT2D eigenvalue weighted by molar-refractivity contribution is 0.0692. The Morgan fingerprint density at radius 1 is 1.35 bits per heavy atom. The number of carbonyl (C=O) groups is 1. The minimum Gasteiger partial charge on any atom is -0.478 e. The lowest BCUT2D eigenvalue weighted by atomic mass is 10.0. The van der Waals surface area contributed by atoms with Gasteiger partial charge in [0.05, 0.1) is 10.5 Å². The van der Waals surface area contributed by atoms with E-state index in [0.29, 0.717) is 6.54 Å². The summed E-state index contributed by atoms with van der Waals surface area (Å²) in [5.41, 5.74) is -0.165. The third-order valence-electron chi connectivity index (χ3n) is 3.72. The second-order valence-electron chi connectivity index (χ2n) is 5.37. The van der Waals surface area contributed by atoms with Crippen molar-refractivity contribution in [1.29, 1.82) is 0 Å². The zero-order chi connectivity index (χ0) is 14.9. The van der Waals surface area contributed by atoms with Crippen LogP contribution in [0.15, 0.2) is 29.2 Å². The standard InChI is InChI=1S/C14H19NO4S/c1-10(2)12-7-5-9-15(12)20(18,19)13-8-4-3-6-11(13)14(16)17/h3-4,6,8,10,12H,5,7,9H2,1-2H3,(H,16,17). The van der Waals surface area contributed by atoms with Crippen LogP contribution in [0.3, 0.4) is 0 Å². The molecule has 1 heterocycles. The minimum atomic E-state index is -3.76. The molecular formula is C14H19NO4S.